The minimum absolute atomic E-state index is 0.159. The number of aromatic nitrogens is 1. The van der Waals surface area contributed by atoms with Gasteiger partial charge in [0, 0.05) is 11.8 Å². The molecule has 0 aromatic carbocycles. The Morgan fingerprint density at radius 1 is 1.40 bits per heavy atom. The van der Waals surface area contributed by atoms with Gasteiger partial charge in [0.2, 0.25) is 5.82 Å². The molecule has 0 aliphatic heterocycles. The largest absolute Gasteiger partial charge is 0.381 e. The van der Waals surface area contributed by atoms with E-state index in [4.69, 9.17) is 5.73 Å². The Bertz CT molecular complexity index is 233. The van der Waals surface area contributed by atoms with Crippen molar-refractivity contribution in [1.82, 2.24) is 4.98 Å². The van der Waals surface area contributed by atoms with E-state index in [-0.39, 0.29) is 5.56 Å². The van der Waals surface area contributed by atoms with Crippen molar-refractivity contribution in [3.8, 4) is 0 Å². The van der Waals surface area contributed by atoms with Gasteiger partial charge < -0.3 is 5.73 Å². The van der Waals surface area contributed by atoms with E-state index in [2.05, 4.69) is 4.98 Å². The number of aryl methyl sites for hydroxylation is 1. The van der Waals surface area contributed by atoms with Crippen LogP contribution in [0, 0.1) is 18.6 Å². The third-order valence-corrected chi connectivity index (χ3v) is 1.16. The predicted molar refractivity (Wildman–Crippen MR) is 33.3 cm³/mol. The molecular weight excluding hydrogens is 138 g/mol. The smallest absolute Gasteiger partial charge is 0.201 e. The van der Waals surface area contributed by atoms with Gasteiger partial charge in [-0.3, -0.25) is 0 Å². The Morgan fingerprint density at radius 3 is 2.50 bits per heavy atom. The van der Waals surface area contributed by atoms with E-state index in [0.29, 0.717) is 0 Å². The molecule has 0 amide bonds. The number of pyridine rings is 1. The molecule has 1 aromatic rings. The van der Waals surface area contributed by atoms with Crippen LogP contribution in [0.25, 0.3) is 0 Å². The van der Waals surface area contributed by atoms with E-state index >= 15 is 0 Å². The average molecular weight is 144 g/mol. The van der Waals surface area contributed by atoms with Crippen LogP contribution < -0.4 is 5.73 Å². The molecule has 0 bridgehead atoms. The van der Waals surface area contributed by atoms with E-state index < -0.39 is 17.5 Å². The van der Waals surface area contributed by atoms with E-state index in [1.165, 1.54) is 13.1 Å². The summed E-state index contributed by atoms with van der Waals surface area (Å²) in [6.07, 6.45) is 1.19. The Morgan fingerprint density at radius 2 is 2.00 bits per heavy atom. The fourth-order valence-electron chi connectivity index (χ4n) is 0.565. The van der Waals surface area contributed by atoms with Crippen LogP contribution in [0.3, 0.4) is 0 Å². The van der Waals surface area contributed by atoms with Gasteiger partial charge in [0.1, 0.15) is 0 Å². The Kier molecular flexibility index (Phi) is 1.53. The molecule has 54 valence electrons. The molecule has 0 aliphatic carbocycles. The number of rotatable bonds is 0. The zero-order valence-electron chi connectivity index (χ0n) is 5.36. The summed E-state index contributed by atoms with van der Waals surface area (Å²) in [5.41, 5.74) is 5.12. The summed E-state index contributed by atoms with van der Waals surface area (Å²) in [6, 6.07) is 0. The summed E-state index contributed by atoms with van der Waals surface area (Å²) >= 11 is 0. The fourth-order valence-corrected chi connectivity index (χ4v) is 0.565. The number of hydrogen-bond donors (Lipinski definition) is 1. The first kappa shape index (κ1) is 6.92. The number of anilines is 1. The molecule has 0 spiro atoms. The van der Waals surface area contributed by atoms with Gasteiger partial charge in [0.25, 0.3) is 0 Å². The molecule has 0 radical (unpaired) electrons. The zero-order chi connectivity index (χ0) is 7.72. The lowest BCUT2D eigenvalue weighted by Gasteiger charge is -1.97. The van der Waals surface area contributed by atoms with Crippen molar-refractivity contribution in [3.05, 3.63) is 23.4 Å². The van der Waals surface area contributed by atoms with Crippen LogP contribution in [0.15, 0.2) is 6.20 Å². The summed E-state index contributed by atoms with van der Waals surface area (Å²) in [4.78, 5) is 3.40. The number of nitrogens with zero attached hydrogens (tertiary/aromatic N) is 1. The first-order valence-electron chi connectivity index (χ1n) is 2.69. The predicted octanol–water partition coefficient (Wildman–Crippen LogP) is 1.25. The first-order chi connectivity index (χ1) is 4.63. The summed E-state index contributed by atoms with van der Waals surface area (Å²) in [7, 11) is 0. The lowest BCUT2D eigenvalue weighted by molar-refractivity contribution is 0.502. The Labute approximate surface area is 56.7 Å². The van der Waals surface area contributed by atoms with Crippen LogP contribution in [0.1, 0.15) is 5.56 Å². The summed E-state index contributed by atoms with van der Waals surface area (Å²) < 4.78 is 24.9. The average Bonchev–Trinajstić information content (AvgIpc) is 1.93. The van der Waals surface area contributed by atoms with Crippen LogP contribution in [-0.4, -0.2) is 4.98 Å². The van der Waals surface area contributed by atoms with Gasteiger partial charge >= 0.3 is 0 Å². The van der Waals surface area contributed by atoms with E-state index in [1.807, 2.05) is 0 Å². The Balaban J connectivity index is 3.34. The maximum absolute atomic E-state index is 12.5. The monoisotopic (exact) mass is 144 g/mol. The van der Waals surface area contributed by atoms with Gasteiger partial charge in [-0.1, -0.05) is 0 Å². The van der Waals surface area contributed by atoms with Crippen molar-refractivity contribution in [2.75, 3.05) is 5.73 Å². The van der Waals surface area contributed by atoms with Crippen LogP contribution >= 0.6 is 0 Å². The molecule has 1 rings (SSSR count). The molecule has 1 aromatic heterocycles. The standard InChI is InChI=1S/C6H6F2N2/c1-3-2-10-6(9)5(8)4(3)7/h2H,1H3,(H2,9,10). The summed E-state index contributed by atoms with van der Waals surface area (Å²) in [6.45, 7) is 1.42. The lowest BCUT2D eigenvalue weighted by atomic mass is 10.3. The molecule has 0 saturated carbocycles. The van der Waals surface area contributed by atoms with E-state index in [0.717, 1.165) is 0 Å². The molecule has 1 heterocycles. The quantitative estimate of drug-likeness (QED) is 0.595. The molecule has 10 heavy (non-hydrogen) atoms. The molecular formula is C6H6F2N2. The maximum Gasteiger partial charge on any atom is 0.201 e. The van der Waals surface area contributed by atoms with Gasteiger partial charge in [0.05, 0.1) is 0 Å². The number of nitrogens with two attached hydrogens (primary N) is 1. The van der Waals surface area contributed by atoms with Gasteiger partial charge in [0.15, 0.2) is 11.6 Å². The molecule has 2 nitrogen and oxygen atoms in total. The second kappa shape index (κ2) is 2.21. The van der Waals surface area contributed by atoms with E-state index in [9.17, 15) is 8.78 Å². The van der Waals surface area contributed by atoms with E-state index in [1.54, 1.807) is 0 Å². The highest BCUT2D eigenvalue weighted by molar-refractivity contribution is 5.32. The third kappa shape index (κ3) is 0.920. The van der Waals surface area contributed by atoms with Crippen LogP contribution in [0.5, 0.6) is 0 Å². The highest BCUT2D eigenvalue weighted by atomic mass is 19.2. The molecule has 0 atom stereocenters. The molecule has 0 fully saturated rings. The van der Waals surface area contributed by atoms with Gasteiger partial charge in [-0.2, -0.15) is 4.39 Å². The highest BCUT2D eigenvalue weighted by Gasteiger charge is 2.08. The topological polar surface area (TPSA) is 38.9 Å². The minimum atomic E-state index is -1.07. The van der Waals surface area contributed by atoms with Crippen molar-refractivity contribution in [3.63, 3.8) is 0 Å². The van der Waals surface area contributed by atoms with Crippen LogP contribution in [-0.2, 0) is 0 Å². The Hall–Kier alpha value is -1.19. The normalized spacial score (nSPS) is 9.90. The second-order valence-corrected chi connectivity index (χ2v) is 1.95. The molecule has 0 aliphatic rings. The molecule has 0 saturated heterocycles. The van der Waals surface area contributed by atoms with Crippen LogP contribution in [0.4, 0.5) is 14.6 Å². The molecule has 2 N–H and O–H groups in total. The first-order valence-corrected chi connectivity index (χ1v) is 2.69. The van der Waals surface area contributed by atoms with Crippen molar-refractivity contribution < 1.29 is 8.78 Å². The maximum atomic E-state index is 12.5. The van der Waals surface area contributed by atoms with Crippen molar-refractivity contribution >= 4 is 5.82 Å². The van der Waals surface area contributed by atoms with Gasteiger partial charge in [-0.15, -0.1) is 0 Å². The highest BCUT2D eigenvalue weighted by Crippen LogP contribution is 2.13. The number of halogens is 2. The number of nitrogen functional groups attached to an aromatic ring is 1. The number of hydrogen-bond acceptors (Lipinski definition) is 2. The fraction of sp³-hybridized carbons (Fsp3) is 0.167. The van der Waals surface area contributed by atoms with Crippen molar-refractivity contribution in [1.29, 1.82) is 0 Å². The lowest BCUT2D eigenvalue weighted by Crippen LogP contribution is -1.99. The molecule has 4 heteroatoms. The van der Waals surface area contributed by atoms with Gasteiger partial charge in [-0.05, 0) is 6.92 Å². The molecule has 0 unspecified atom stereocenters. The van der Waals surface area contributed by atoms with Crippen LogP contribution in [0.2, 0.25) is 0 Å². The third-order valence-electron chi connectivity index (χ3n) is 1.16. The summed E-state index contributed by atoms with van der Waals surface area (Å²) in [5.74, 6) is -2.39. The summed E-state index contributed by atoms with van der Waals surface area (Å²) in [5, 5.41) is 0. The van der Waals surface area contributed by atoms with Crippen molar-refractivity contribution in [2.24, 2.45) is 0 Å². The van der Waals surface area contributed by atoms with Gasteiger partial charge in [-0.25, -0.2) is 9.37 Å². The zero-order valence-corrected chi connectivity index (χ0v) is 5.36. The SMILES string of the molecule is Cc1cnc(N)c(F)c1F. The second-order valence-electron chi connectivity index (χ2n) is 1.95. The minimum Gasteiger partial charge on any atom is -0.381 e. The van der Waals surface area contributed by atoms with Crippen molar-refractivity contribution in [2.45, 2.75) is 6.92 Å².